The highest BCUT2D eigenvalue weighted by Gasteiger charge is 2.11. The van der Waals surface area contributed by atoms with Gasteiger partial charge in [0.1, 0.15) is 0 Å². The van der Waals surface area contributed by atoms with Gasteiger partial charge < -0.3 is 4.74 Å². The van der Waals surface area contributed by atoms with Gasteiger partial charge in [-0.1, -0.05) is 0 Å². The largest absolute Gasteiger partial charge is 0.461 e. The minimum atomic E-state index is -0.454. The van der Waals surface area contributed by atoms with E-state index in [0.29, 0.717) is 12.2 Å². The summed E-state index contributed by atoms with van der Waals surface area (Å²) in [6, 6.07) is 0. The van der Waals surface area contributed by atoms with Crippen LogP contribution in [0.3, 0.4) is 0 Å². The predicted octanol–water partition coefficient (Wildman–Crippen LogP) is 0.357. The van der Waals surface area contributed by atoms with Gasteiger partial charge in [-0.3, -0.25) is 0 Å². The maximum absolute atomic E-state index is 11.1. The number of ether oxygens (including phenoxy) is 1. The van der Waals surface area contributed by atoms with Crippen LogP contribution in [-0.4, -0.2) is 28.0 Å². The second-order valence-electron chi connectivity index (χ2n) is 2.19. The van der Waals surface area contributed by atoms with Crippen molar-refractivity contribution in [2.24, 2.45) is 0 Å². The third-order valence-corrected chi connectivity index (χ3v) is 1.29. The van der Waals surface area contributed by atoms with E-state index >= 15 is 0 Å². The zero-order valence-electron chi connectivity index (χ0n) is 6.94. The molecule has 0 spiro atoms. The van der Waals surface area contributed by atoms with Crippen molar-refractivity contribution in [3.05, 3.63) is 17.5 Å². The lowest BCUT2D eigenvalue weighted by Gasteiger charge is -2.00. The molecule has 5 nitrogen and oxygen atoms in total. The van der Waals surface area contributed by atoms with E-state index in [1.54, 1.807) is 13.8 Å². The van der Waals surface area contributed by atoms with E-state index < -0.39 is 5.97 Å². The zero-order chi connectivity index (χ0) is 8.97. The van der Waals surface area contributed by atoms with Crippen molar-refractivity contribution in [2.75, 3.05) is 6.61 Å². The lowest BCUT2D eigenvalue weighted by Crippen LogP contribution is -2.10. The summed E-state index contributed by atoms with van der Waals surface area (Å²) in [5.74, 6) is -0.454. The van der Waals surface area contributed by atoms with Crippen molar-refractivity contribution in [1.29, 1.82) is 0 Å². The van der Waals surface area contributed by atoms with Gasteiger partial charge in [-0.15, -0.1) is 10.2 Å². The molecule has 1 heterocycles. The first-order valence-corrected chi connectivity index (χ1v) is 3.57. The Morgan fingerprint density at radius 2 is 2.42 bits per heavy atom. The Morgan fingerprint density at radius 3 is 3.00 bits per heavy atom. The first kappa shape index (κ1) is 8.58. The Labute approximate surface area is 69.8 Å². The predicted molar refractivity (Wildman–Crippen MR) is 40.5 cm³/mol. The van der Waals surface area contributed by atoms with E-state index in [2.05, 4.69) is 15.4 Å². The van der Waals surface area contributed by atoms with Gasteiger partial charge in [-0.2, -0.15) is 0 Å². The Morgan fingerprint density at radius 1 is 1.67 bits per heavy atom. The zero-order valence-corrected chi connectivity index (χ0v) is 6.94. The molecule has 0 atom stereocenters. The third kappa shape index (κ3) is 1.75. The molecule has 0 fully saturated rings. The monoisotopic (exact) mass is 167 g/mol. The summed E-state index contributed by atoms with van der Waals surface area (Å²) in [6.45, 7) is 3.80. The molecule has 12 heavy (non-hydrogen) atoms. The topological polar surface area (TPSA) is 65.0 Å². The average Bonchev–Trinajstić information content (AvgIpc) is 2.05. The number of aryl methyl sites for hydroxylation is 1. The molecule has 0 aliphatic rings. The van der Waals surface area contributed by atoms with E-state index in [1.165, 1.54) is 6.20 Å². The van der Waals surface area contributed by atoms with Gasteiger partial charge in [0.05, 0.1) is 12.8 Å². The van der Waals surface area contributed by atoms with Crippen LogP contribution in [0, 0.1) is 6.92 Å². The van der Waals surface area contributed by atoms with Crippen LogP contribution in [0.4, 0.5) is 0 Å². The molecule has 0 aromatic carbocycles. The van der Waals surface area contributed by atoms with Gasteiger partial charge in [-0.05, 0) is 19.1 Å². The van der Waals surface area contributed by atoms with Crippen LogP contribution in [0.5, 0.6) is 0 Å². The number of carbonyl (C=O) groups is 1. The highest BCUT2D eigenvalue weighted by molar-refractivity contribution is 5.88. The van der Waals surface area contributed by atoms with Gasteiger partial charge >= 0.3 is 5.97 Å². The van der Waals surface area contributed by atoms with Crippen molar-refractivity contribution in [3.63, 3.8) is 0 Å². The third-order valence-electron chi connectivity index (χ3n) is 1.29. The molecule has 0 unspecified atom stereocenters. The molecule has 64 valence electrons. The maximum Gasteiger partial charge on any atom is 0.359 e. The Hall–Kier alpha value is -1.52. The molecule has 0 bridgehead atoms. The maximum atomic E-state index is 11.1. The summed E-state index contributed by atoms with van der Waals surface area (Å²) < 4.78 is 4.74. The Bertz CT molecular complexity index is 288. The molecule has 0 radical (unpaired) electrons. The SMILES string of the molecule is CCOC(=O)c1nnncc1C. The van der Waals surface area contributed by atoms with Gasteiger partial charge in [0, 0.05) is 5.56 Å². The van der Waals surface area contributed by atoms with Crippen LogP contribution in [0.1, 0.15) is 23.0 Å². The first-order valence-electron chi connectivity index (χ1n) is 3.57. The van der Waals surface area contributed by atoms with Crippen LogP contribution < -0.4 is 0 Å². The summed E-state index contributed by atoms with van der Waals surface area (Å²) in [7, 11) is 0. The summed E-state index contributed by atoms with van der Waals surface area (Å²) >= 11 is 0. The molecule has 1 rings (SSSR count). The van der Waals surface area contributed by atoms with Crippen LogP contribution >= 0.6 is 0 Å². The van der Waals surface area contributed by atoms with E-state index in [0.717, 1.165) is 0 Å². The van der Waals surface area contributed by atoms with E-state index in [-0.39, 0.29) is 5.69 Å². The number of esters is 1. The minimum absolute atomic E-state index is 0.229. The number of hydrogen-bond donors (Lipinski definition) is 0. The molecule has 1 aromatic rings. The summed E-state index contributed by atoms with van der Waals surface area (Å²) in [5.41, 5.74) is 0.898. The molecular weight excluding hydrogens is 158 g/mol. The molecule has 0 aliphatic carbocycles. The molecular formula is C7H9N3O2. The van der Waals surface area contributed by atoms with Crippen molar-refractivity contribution in [3.8, 4) is 0 Å². The van der Waals surface area contributed by atoms with Gasteiger partial charge in [0.2, 0.25) is 0 Å². The van der Waals surface area contributed by atoms with Crippen molar-refractivity contribution >= 4 is 5.97 Å². The molecule has 1 aromatic heterocycles. The number of aromatic nitrogens is 3. The van der Waals surface area contributed by atoms with E-state index in [4.69, 9.17) is 4.74 Å². The molecule has 0 saturated heterocycles. The smallest absolute Gasteiger partial charge is 0.359 e. The van der Waals surface area contributed by atoms with Crippen molar-refractivity contribution in [1.82, 2.24) is 15.4 Å². The quantitative estimate of drug-likeness (QED) is 0.595. The standard InChI is InChI=1S/C7H9N3O2/c1-3-12-7(11)6-5(2)4-8-10-9-6/h4H,3H2,1-2H3. The molecule has 5 heteroatoms. The first-order chi connectivity index (χ1) is 5.75. The fraction of sp³-hybridized carbons (Fsp3) is 0.429. The second kappa shape index (κ2) is 3.75. The van der Waals surface area contributed by atoms with Crippen molar-refractivity contribution in [2.45, 2.75) is 13.8 Å². The summed E-state index contributed by atoms with van der Waals surface area (Å²) in [6.07, 6.45) is 1.47. The number of rotatable bonds is 2. The van der Waals surface area contributed by atoms with E-state index in [1.807, 2.05) is 0 Å². The lowest BCUT2D eigenvalue weighted by atomic mass is 10.3. The van der Waals surface area contributed by atoms with Crippen molar-refractivity contribution < 1.29 is 9.53 Å². The minimum Gasteiger partial charge on any atom is -0.461 e. The van der Waals surface area contributed by atoms with E-state index in [9.17, 15) is 4.79 Å². The van der Waals surface area contributed by atoms with Gasteiger partial charge in [0.15, 0.2) is 5.69 Å². The fourth-order valence-electron chi connectivity index (χ4n) is 0.724. The summed E-state index contributed by atoms with van der Waals surface area (Å²) in [5, 5.41) is 10.4. The highest BCUT2D eigenvalue weighted by Crippen LogP contribution is 2.01. The molecule has 0 aliphatic heterocycles. The molecule has 0 amide bonds. The molecule has 0 N–H and O–H groups in total. The van der Waals surface area contributed by atoms with Gasteiger partial charge in [-0.25, -0.2) is 4.79 Å². The summed E-state index contributed by atoms with van der Waals surface area (Å²) in [4.78, 5) is 11.1. The molecule has 0 saturated carbocycles. The average molecular weight is 167 g/mol. The second-order valence-corrected chi connectivity index (χ2v) is 2.19. The van der Waals surface area contributed by atoms with Crippen LogP contribution in [0.15, 0.2) is 6.20 Å². The Kier molecular flexibility index (Phi) is 2.68. The number of hydrogen-bond acceptors (Lipinski definition) is 5. The van der Waals surface area contributed by atoms with Crippen LogP contribution in [0.2, 0.25) is 0 Å². The fourth-order valence-corrected chi connectivity index (χ4v) is 0.724. The number of nitrogens with zero attached hydrogens (tertiary/aromatic N) is 3. The normalized spacial score (nSPS) is 9.50. The number of carbonyl (C=O) groups excluding carboxylic acids is 1. The van der Waals surface area contributed by atoms with Gasteiger partial charge in [0.25, 0.3) is 0 Å². The lowest BCUT2D eigenvalue weighted by molar-refractivity contribution is 0.0516. The van der Waals surface area contributed by atoms with Crippen LogP contribution in [-0.2, 0) is 4.74 Å². The Balaban J connectivity index is 2.87. The highest BCUT2D eigenvalue weighted by atomic mass is 16.5. The van der Waals surface area contributed by atoms with Crippen LogP contribution in [0.25, 0.3) is 0 Å².